The lowest BCUT2D eigenvalue weighted by Crippen LogP contribution is -2.56. The maximum atomic E-state index is 13.6. The minimum absolute atomic E-state index is 0.0870. The van der Waals surface area contributed by atoms with Crippen LogP contribution in [0.25, 0.3) is 11.1 Å². The smallest absolute Gasteiger partial charge is 0.251 e. The zero-order chi connectivity index (χ0) is 26.9. The highest BCUT2D eigenvalue weighted by atomic mass is 16.2. The molecular formula is C29H36N4O4. The third-order valence-corrected chi connectivity index (χ3v) is 7.26. The second-order valence-corrected chi connectivity index (χ2v) is 10.7. The van der Waals surface area contributed by atoms with Crippen molar-refractivity contribution in [2.24, 2.45) is 5.92 Å². The number of carbonyl (C=O) groups is 4. The van der Waals surface area contributed by atoms with E-state index >= 15 is 0 Å². The first kappa shape index (κ1) is 26.5. The third-order valence-electron chi connectivity index (χ3n) is 7.26. The van der Waals surface area contributed by atoms with Gasteiger partial charge in [-0.2, -0.15) is 0 Å². The molecular weight excluding hydrogens is 468 g/mol. The van der Waals surface area contributed by atoms with E-state index < -0.39 is 18.1 Å². The molecule has 0 spiro atoms. The number of nitrogens with zero attached hydrogens (tertiary/aromatic N) is 2. The van der Waals surface area contributed by atoms with Crippen molar-refractivity contribution in [1.29, 1.82) is 0 Å². The molecule has 196 valence electrons. The molecule has 2 aliphatic heterocycles. The van der Waals surface area contributed by atoms with Gasteiger partial charge in [-0.25, -0.2) is 0 Å². The first-order valence-electron chi connectivity index (χ1n) is 12.8. The molecule has 2 amide bonds. The number of ketones is 2. The van der Waals surface area contributed by atoms with Gasteiger partial charge in [0, 0.05) is 31.4 Å². The van der Waals surface area contributed by atoms with Crippen molar-refractivity contribution in [3.8, 4) is 11.1 Å². The highest BCUT2D eigenvalue weighted by Gasteiger charge is 2.52. The summed E-state index contributed by atoms with van der Waals surface area (Å²) in [5, 5.41) is 5.97. The molecule has 0 bridgehead atoms. The first-order chi connectivity index (χ1) is 17.6. The van der Waals surface area contributed by atoms with Gasteiger partial charge in [0.05, 0.1) is 12.6 Å². The van der Waals surface area contributed by atoms with E-state index in [1.807, 2.05) is 45.0 Å². The minimum atomic E-state index is -0.810. The summed E-state index contributed by atoms with van der Waals surface area (Å²) in [6.45, 7) is 5.58. The summed E-state index contributed by atoms with van der Waals surface area (Å²) in [6, 6.07) is 13.3. The number of hydrogen-bond acceptors (Lipinski definition) is 6. The topological polar surface area (TPSA) is 98.8 Å². The van der Waals surface area contributed by atoms with Gasteiger partial charge in [0.1, 0.15) is 12.1 Å². The molecule has 2 fully saturated rings. The van der Waals surface area contributed by atoms with Crippen LogP contribution >= 0.6 is 0 Å². The average Bonchev–Trinajstić information content (AvgIpc) is 3.40. The Hall–Kier alpha value is -3.52. The SMILES string of the molecule is CC(=O)C1CC2NCC(=O)C2N1C(=O)C(CC(C)C)NC(=O)c1ccc(N(C)C)cc1.c1cc2ccc1-2. The summed E-state index contributed by atoms with van der Waals surface area (Å²) >= 11 is 0. The Bertz CT molecular complexity index is 1150. The largest absolute Gasteiger partial charge is 0.378 e. The van der Waals surface area contributed by atoms with Crippen molar-refractivity contribution < 1.29 is 19.2 Å². The Kier molecular flexibility index (Phi) is 7.78. The van der Waals surface area contributed by atoms with Crippen LogP contribution in [-0.4, -0.2) is 73.1 Å². The monoisotopic (exact) mass is 504 g/mol. The van der Waals surface area contributed by atoms with Crippen molar-refractivity contribution in [2.75, 3.05) is 25.5 Å². The second kappa shape index (κ2) is 10.8. The normalized spacial score (nSPS) is 21.6. The molecule has 5 rings (SSSR count). The number of Topliss-reactive ketones (excluding diaryl/α,β-unsaturated/α-hetero) is 2. The van der Waals surface area contributed by atoms with Gasteiger partial charge < -0.3 is 20.4 Å². The van der Waals surface area contributed by atoms with Crippen LogP contribution < -0.4 is 15.5 Å². The van der Waals surface area contributed by atoms with E-state index in [2.05, 4.69) is 34.9 Å². The number of anilines is 1. The van der Waals surface area contributed by atoms with Crippen molar-refractivity contribution in [2.45, 2.75) is 57.8 Å². The van der Waals surface area contributed by atoms with Crippen molar-refractivity contribution >= 4 is 29.1 Å². The lowest BCUT2D eigenvalue weighted by atomic mass is 9.95. The molecule has 2 heterocycles. The molecule has 0 radical (unpaired) electrons. The van der Waals surface area contributed by atoms with Crippen LogP contribution in [0.15, 0.2) is 48.5 Å². The molecule has 8 nitrogen and oxygen atoms in total. The molecule has 1 aromatic rings. The number of fused-ring (bicyclic) bond motifs is 2. The van der Waals surface area contributed by atoms with Crippen LogP contribution in [0.1, 0.15) is 44.0 Å². The van der Waals surface area contributed by atoms with Gasteiger partial charge in [-0.1, -0.05) is 38.1 Å². The molecule has 2 aliphatic carbocycles. The summed E-state index contributed by atoms with van der Waals surface area (Å²) < 4.78 is 0. The summed E-state index contributed by atoms with van der Waals surface area (Å²) in [7, 11) is 3.83. The molecule has 37 heavy (non-hydrogen) atoms. The van der Waals surface area contributed by atoms with Gasteiger partial charge in [-0.05, 0) is 61.1 Å². The first-order valence-corrected chi connectivity index (χ1v) is 12.8. The van der Waals surface area contributed by atoms with E-state index in [9.17, 15) is 19.2 Å². The van der Waals surface area contributed by atoms with Crippen molar-refractivity contribution in [3.05, 3.63) is 54.1 Å². The number of likely N-dealkylation sites (tertiary alicyclic amines) is 1. The Morgan fingerprint density at radius 1 is 1.03 bits per heavy atom. The molecule has 0 aromatic heterocycles. The predicted molar refractivity (Wildman–Crippen MR) is 143 cm³/mol. The number of carbonyl (C=O) groups excluding carboxylic acids is 4. The van der Waals surface area contributed by atoms with E-state index in [1.54, 1.807) is 12.1 Å². The number of benzene rings is 2. The Labute approximate surface area is 218 Å². The number of amides is 2. The van der Waals surface area contributed by atoms with E-state index in [0.29, 0.717) is 18.4 Å². The van der Waals surface area contributed by atoms with E-state index in [4.69, 9.17) is 0 Å². The maximum absolute atomic E-state index is 13.6. The quantitative estimate of drug-likeness (QED) is 0.513. The second-order valence-electron chi connectivity index (χ2n) is 10.7. The third kappa shape index (κ3) is 5.59. The number of hydrogen-bond donors (Lipinski definition) is 2. The van der Waals surface area contributed by atoms with E-state index in [0.717, 1.165) is 5.69 Å². The van der Waals surface area contributed by atoms with Crippen LogP contribution in [0.2, 0.25) is 0 Å². The van der Waals surface area contributed by atoms with E-state index in [1.165, 1.54) is 23.0 Å². The Balaban J connectivity index is 0.000000458. The Morgan fingerprint density at radius 2 is 1.62 bits per heavy atom. The van der Waals surface area contributed by atoms with Gasteiger partial charge in [0.2, 0.25) is 5.91 Å². The lowest BCUT2D eigenvalue weighted by Gasteiger charge is -2.32. The fraction of sp³-hybridized carbons (Fsp3) is 0.448. The Morgan fingerprint density at radius 3 is 2.08 bits per heavy atom. The zero-order valence-corrected chi connectivity index (χ0v) is 22.2. The lowest BCUT2D eigenvalue weighted by molar-refractivity contribution is -0.143. The molecule has 4 aliphatic rings. The highest BCUT2D eigenvalue weighted by molar-refractivity contribution is 6.01. The molecule has 1 aromatic carbocycles. The fourth-order valence-electron chi connectivity index (χ4n) is 5.12. The predicted octanol–water partition coefficient (Wildman–Crippen LogP) is 2.66. The summed E-state index contributed by atoms with van der Waals surface area (Å²) in [4.78, 5) is 54.5. The average molecular weight is 505 g/mol. The van der Waals surface area contributed by atoms with Gasteiger partial charge in [0.15, 0.2) is 11.6 Å². The molecule has 4 unspecified atom stereocenters. The summed E-state index contributed by atoms with van der Waals surface area (Å²) in [5.41, 5.74) is 4.27. The van der Waals surface area contributed by atoms with E-state index in [-0.39, 0.29) is 41.9 Å². The molecule has 2 N–H and O–H groups in total. The van der Waals surface area contributed by atoms with Crippen molar-refractivity contribution in [1.82, 2.24) is 15.5 Å². The van der Waals surface area contributed by atoms with Gasteiger partial charge in [0.25, 0.3) is 5.91 Å². The van der Waals surface area contributed by atoms with Crippen LogP contribution in [-0.2, 0) is 14.4 Å². The summed E-state index contributed by atoms with van der Waals surface area (Å²) in [6.07, 6.45) is 0.840. The van der Waals surface area contributed by atoms with Crippen LogP contribution in [0, 0.1) is 5.92 Å². The van der Waals surface area contributed by atoms with Gasteiger partial charge in [-0.3, -0.25) is 19.2 Å². The molecule has 8 heteroatoms. The van der Waals surface area contributed by atoms with Gasteiger partial charge in [-0.15, -0.1) is 0 Å². The molecule has 4 atom stereocenters. The van der Waals surface area contributed by atoms with Crippen LogP contribution in [0.4, 0.5) is 5.69 Å². The van der Waals surface area contributed by atoms with Gasteiger partial charge >= 0.3 is 0 Å². The zero-order valence-electron chi connectivity index (χ0n) is 22.2. The highest BCUT2D eigenvalue weighted by Crippen LogP contribution is 2.31. The molecule has 2 saturated heterocycles. The van der Waals surface area contributed by atoms with Crippen LogP contribution in [0.3, 0.4) is 0 Å². The standard InChI is InChI=1S/C23H32N4O4.C6H4/c1-13(2)10-18(25-22(30)15-6-8-16(9-7-15)26(4)5)23(31)27-19(14(3)28)11-17-21(27)20(29)12-24-17;1-2-6-4-3-5(1)6/h6-9,13,17-19,21,24H,10-12H2,1-5H3,(H,25,30);1-4H. The maximum Gasteiger partial charge on any atom is 0.251 e. The summed E-state index contributed by atoms with van der Waals surface area (Å²) in [5.74, 6) is -0.814. The van der Waals surface area contributed by atoms with Crippen LogP contribution in [0.5, 0.6) is 0 Å². The van der Waals surface area contributed by atoms with Crippen molar-refractivity contribution in [3.63, 3.8) is 0 Å². The number of nitrogens with one attached hydrogen (secondary N) is 2. The fourth-order valence-corrected chi connectivity index (χ4v) is 5.12. The molecule has 0 saturated carbocycles. The minimum Gasteiger partial charge on any atom is -0.378 e. The number of rotatable bonds is 7.